The summed E-state index contributed by atoms with van der Waals surface area (Å²) < 4.78 is 37.7. The second-order valence-corrected chi connectivity index (χ2v) is 3.96. The van der Waals surface area contributed by atoms with Crippen LogP contribution in [0, 0.1) is 12.3 Å². The summed E-state index contributed by atoms with van der Waals surface area (Å²) in [5.41, 5.74) is -0.979. The summed E-state index contributed by atoms with van der Waals surface area (Å²) in [4.78, 5) is 11.4. The first-order chi connectivity index (χ1) is 8.84. The number of hydrogen-bond acceptors (Lipinski definition) is 2. The molecular weight excluding hydrogens is 281 g/mol. The lowest BCUT2D eigenvalue weighted by Crippen LogP contribution is -2.28. The standard InChI is InChI=1S/C12H10ClF3N2O/c1-2-5-17-7-11(19)18-8-3-4-10(13)9(6-8)12(14,15)16/h1,3-4,6,17H,5,7H2,(H,18,19). The average Bonchev–Trinajstić information content (AvgIpc) is 2.30. The van der Waals surface area contributed by atoms with Crippen molar-refractivity contribution in [2.24, 2.45) is 0 Å². The van der Waals surface area contributed by atoms with Gasteiger partial charge in [0, 0.05) is 5.69 Å². The zero-order chi connectivity index (χ0) is 14.5. The highest BCUT2D eigenvalue weighted by Crippen LogP contribution is 2.36. The summed E-state index contributed by atoms with van der Waals surface area (Å²) in [6.07, 6.45) is 0.398. The van der Waals surface area contributed by atoms with E-state index >= 15 is 0 Å². The van der Waals surface area contributed by atoms with E-state index in [0.29, 0.717) is 0 Å². The number of terminal acetylenes is 1. The molecule has 2 N–H and O–H groups in total. The van der Waals surface area contributed by atoms with Gasteiger partial charge in [-0.05, 0) is 18.2 Å². The zero-order valence-corrected chi connectivity index (χ0v) is 10.4. The summed E-state index contributed by atoms with van der Waals surface area (Å²) in [6.45, 7) is 0.107. The maximum atomic E-state index is 12.6. The van der Waals surface area contributed by atoms with Gasteiger partial charge < -0.3 is 5.32 Å². The van der Waals surface area contributed by atoms with Crippen LogP contribution in [-0.4, -0.2) is 19.0 Å². The summed E-state index contributed by atoms with van der Waals surface area (Å²) in [6, 6.07) is 3.15. The first-order valence-electron chi connectivity index (χ1n) is 5.15. The number of nitrogens with one attached hydrogen (secondary N) is 2. The second kappa shape index (κ2) is 6.45. The van der Waals surface area contributed by atoms with E-state index in [4.69, 9.17) is 18.0 Å². The lowest BCUT2D eigenvalue weighted by Gasteiger charge is -2.11. The topological polar surface area (TPSA) is 41.1 Å². The van der Waals surface area contributed by atoms with E-state index < -0.39 is 22.7 Å². The summed E-state index contributed by atoms with van der Waals surface area (Å²) in [5, 5.41) is 4.51. The Morgan fingerprint density at radius 3 is 2.68 bits per heavy atom. The van der Waals surface area contributed by atoms with E-state index in [1.54, 1.807) is 0 Å². The van der Waals surface area contributed by atoms with Crippen molar-refractivity contribution < 1.29 is 18.0 Å². The molecular formula is C12H10ClF3N2O. The third-order valence-electron chi connectivity index (χ3n) is 2.07. The SMILES string of the molecule is C#CCNCC(=O)Nc1ccc(Cl)c(C(F)(F)F)c1. The number of halogens is 4. The molecule has 0 aromatic heterocycles. The first-order valence-corrected chi connectivity index (χ1v) is 5.53. The zero-order valence-electron chi connectivity index (χ0n) is 9.64. The van der Waals surface area contributed by atoms with Crippen molar-refractivity contribution in [1.29, 1.82) is 0 Å². The molecule has 1 aromatic rings. The number of benzene rings is 1. The predicted molar refractivity (Wildman–Crippen MR) is 66.8 cm³/mol. The number of hydrogen-bond donors (Lipinski definition) is 2. The van der Waals surface area contributed by atoms with Crippen LogP contribution in [0.2, 0.25) is 5.02 Å². The quantitative estimate of drug-likeness (QED) is 0.661. The van der Waals surface area contributed by atoms with Gasteiger partial charge in [0.05, 0.1) is 23.7 Å². The number of carbonyl (C=O) groups is 1. The molecule has 1 aromatic carbocycles. The molecule has 1 rings (SSSR count). The van der Waals surface area contributed by atoms with Crippen LogP contribution in [0.4, 0.5) is 18.9 Å². The van der Waals surface area contributed by atoms with Gasteiger partial charge in [0.25, 0.3) is 0 Å². The first kappa shape index (κ1) is 15.3. The third-order valence-corrected chi connectivity index (χ3v) is 2.40. The predicted octanol–water partition coefficient (Wildman–Crippen LogP) is 2.52. The fraction of sp³-hybridized carbons (Fsp3) is 0.250. The van der Waals surface area contributed by atoms with Crippen LogP contribution >= 0.6 is 11.6 Å². The van der Waals surface area contributed by atoms with Gasteiger partial charge in [-0.25, -0.2) is 0 Å². The van der Waals surface area contributed by atoms with Crippen molar-refractivity contribution in [2.75, 3.05) is 18.4 Å². The molecule has 3 nitrogen and oxygen atoms in total. The Kier molecular flexibility index (Phi) is 5.21. The molecule has 0 aliphatic heterocycles. The van der Waals surface area contributed by atoms with Crippen LogP contribution in [0.25, 0.3) is 0 Å². The minimum Gasteiger partial charge on any atom is -0.325 e. The molecule has 0 atom stereocenters. The van der Waals surface area contributed by atoms with Crippen LogP contribution in [0.5, 0.6) is 0 Å². The number of carbonyl (C=O) groups excluding carboxylic acids is 1. The maximum Gasteiger partial charge on any atom is 0.417 e. The van der Waals surface area contributed by atoms with Crippen molar-refractivity contribution >= 4 is 23.2 Å². The molecule has 0 unspecified atom stereocenters. The van der Waals surface area contributed by atoms with Crippen LogP contribution in [0.3, 0.4) is 0 Å². The smallest absolute Gasteiger partial charge is 0.325 e. The Balaban J connectivity index is 2.75. The lowest BCUT2D eigenvalue weighted by atomic mass is 10.2. The number of amides is 1. The van der Waals surface area contributed by atoms with Crippen molar-refractivity contribution in [3.63, 3.8) is 0 Å². The van der Waals surface area contributed by atoms with Gasteiger partial charge >= 0.3 is 6.18 Å². The minimum absolute atomic E-state index is 0.0178. The third kappa shape index (κ3) is 4.81. The van der Waals surface area contributed by atoms with Crippen molar-refractivity contribution in [2.45, 2.75) is 6.18 Å². The summed E-state index contributed by atoms with van der Waals surface area (Å²) >= 11 is 5.45. The molecule has 0 radical (unpaired) electrons. The van der Waals surface area contributed by atoms with E-state index in [2.05, 4.69) is 16.6 Å². The average molecular weight is 291 g/mol. The van der Waals surface area contributed by atoms with Crippen LogP contribution < -0.4 is 10.6 Å². The molecule has 0 heterocycles. The van der Waals surface area contributed by atoms with Crippen molar-refractivity contribution in [3.8, 4) is 12.3 Å². The molecule has 0 bridgehead atoms. The lowest BCUT2D eigenvalue weighted by molar-refractivity contribution is -0.137. The molecule has 102 valence electrons. The second-order valence-electron chi connectivity index (χ2n) is 3.55. The van der Waals surface area contributed by atoms with Gasteiger partial charge in [-0.1, -0.05) is 17.5 Å². The largest absolute Gasteiger partial charge is 0.417 e. The van der Waals surface area contributed by atoms with Gasteiger partial charge in [0.1, 0.15) is 0 Å². The molecule has 0 fully saturated rings. The fourth-order valence-corrected chi connectivity index (χ4v) is 1.50. The Morgan fingerprint density at radius 1 is 1.42 bits per heavy atom. The van der Waals surface area contributed by atoms with Gasteiger partial charge in [-0.15, -0.1) is 6.42 Å². The number of rotatable bonds is 4. The van der Waals surface area contributed by atoms with E-state index in [1.165, 1.54) is 6.07 Å². The monoisotopic (exact) mass is 290 g/mol. The molecule has 0 aliphatic rings. The van der Waals surface area contributed by atoms with Crippen molar-refractivity contribution in [1.82, 2.24) is 5.32 Å². The van der Waals surface area contributed by atoms with Crippen LogP contribution in [-0.2, 0) is 11.0 Å². The number of alkyl halides is 3. The molecule has 19 heavy (non-hydrogen) atoms. The molecule has 0 saturated carbocycles. The highest BCUT2D eigenvalue weighted by molar-refractivity contribution is 6.31. The van der Waals surface area contributed by atoms with Crippen molar-refractivity contribution in [3.05, 3.63) is 28.8 Å². The molecule has 0 spiro atoms. The maximum absolute atomic E-state index is 12.6. The Morgan fingerprint density at radius 2 is 2.11 bits per heavy atom. The Labute approximate surface area is 113 Å². The van der Waals surface area contributed by atoms with Gasteiger partial charge in [-0.3, -0.25) is 10.1 Å². The highest BCUT2D eigenvalue weighted by atomic mass is 35.5. The summed E-state index contributed by atoms with van der Waals surface area (Å²) in [5.74, 6) is 1.77. The van der Waals surface area contributed by atoms with Gasteiger partial charge in [0.2, 0.25) is 5.91 Å². The van der Waals surface area contributed by atoms with Crippen LogP contribution in [0.15, 0.2) is 18.2 Å². The molecule has 0 saturated heterocycles. The van der Waals surface area contributed by atoms with E-state index in [0.717, 1.165) is 12.1 Å². The summed E-state index contributed by atoms with van der Waals surface area (Å²) in [7, 11) is 0. The molecule has 1 amide bonds. The fourth-order valence-electron chi connectivity index (χ4n) is 1.27. The van der Waals surface area contributed by atoms with Gasteiger partial charge in [-0.2, -0.15) is 13.2 Å². The van der Waals surface area contributed by atoms with Gasteiger partial charge in [0.15, 0.2) is 0 Å². The van der Waals surface area contributed by atoms with E-state index in [1.807, 2.05) is 0 Å². The normalized spacial score (nSPS) is 10.9. The Hall–Kier alpha value is -1.71. The molecule has 0 aliphatic carbocycles. The highest BCUT2D eigenvalue weighted by Gasteiger charge is 2.33. The van der Waals surface area contributed by atoms with E-state index in [-0.39, 0.29) is 18.8 Å². The minimum atomic E-state index is -4.57. The number of anilines is 1. The molecule has 7 heteroatoms. The van der Waals surface area contributed by atoms with Crippen LogP contribution in [0.1, 0.15) is 5.56 Å². The Bertz CT molecular complexity index is 509. The van der Waals surface area contributed by atoms with E-state index in [9.17, 15) is 18.0 Å².